The number of benzene rings is 1. The lowest BCUT2D eigenvalue weighted by atomic mass is 10.2. The highest BCUT2D eigenvalue weighted by Crippen LogP contribution is 2.22. The largest absolute Gasteiger partial charge is 0.361 e. The van der Waals surface area contributed by atoms with E-state index in [-0.39, 0.29) is 10.8 Å². The van der Waals surface area contributed by atoms with E-state index in [9.17, 15) is 13.2 Å². The van der Waals surface area contributed by atoms with Crippen LogP contribution in [-0.4, -0.2) is 50.8 Å². The van der Waals surface area contributed by atoms with Crippen LogP contribution in [0.25, 0.3) is 6.08 Å². The van der Waals surface area contributed by atoms with Gasteiger partial charge in [-0.05, 0) is 48.7 Å². The molecule has 2 aromatic rings. The zero-order valence-corrected chi connectivity index (χ0v) is 18.2. The molecule has 1 amide bonds. The first kappa shape index (κ1) is 22.0. The summed E-state index contributed by atoms with van der Waals surface area (Å²) in [7, 11) is 0.244. The number of hydrogen-bond donors (Lipinski definition) is 1. The van der Waals surface area contributed by atoms with Gasteiger partial charge in [-0.25, -0.2) is 13.4 Å². The summed E-state index contributed by atoms with van der Waals surface area (Å²) in [6.07, 6.45) is 8.71. The smallest absolute Gasteiger partial charge is 0.248 e. The molecule has 160 valence electrons. The third-order valence-electron chi connectivity index (χ3n) is 4.98. The first-order chi connectivity index (χ1) is 14.4. The molecule has 0 aliphatic carbocycles. The van der Waals surface area contributed by atoms with Crippen LogP contribution in [-0.2, 0) is 14.8 Å². The van der Waals surface area contributed by atoms with Gasteiger partial charge in [0.25, 0.3) is 0 Å². The molecule has 0 spiro atoms. The zero-order valence-electron chi connectivity index (χ0n) is 17.4. The van der Waals surface area contributed by atoms with Gasteiger partial charge in [-0.3, -0.25) is 4.79 Å². The Kier molecular flexibility index (Phi) is 7.23. The van der Waals surface area contributed by atoms with Gasteiger partial charge in [0.05, 0.1) is 10.6 Å². The Labute approximate surface area is 178 Å². The van der Waals surface area contributed by atoms with Gasteiger partial charge < -0.3 is 10.2 Å². The second kappa shape index (κ2) is 9.86. The number of carbonyl (C=O) groups is 1. The molecule has 3 rings (SSSR count). The number of hydrogen-bond acceptors (Lipinski definition) is 5. The Morgan fingerprint density at radius 1 is 1.07 bits per heavy atom. The Bertz CT molecular complexity index is 993. The van der Waals surface area contributed by atoms with Gasteiger partial charge in [-0.2, -0.15) is 4.31 Å². The molecule has 7 nitrogen and oxygen atoms in total. The van der Waals surface area contributed by atoms with E-state index in [1.807, 2.05) is 19.0 Å². The number of aromatic nitrogens is 1. The van der Waals surface area contributed by atoms with Gasteiger partial charge in [0.15, 0.2) is 5.82 Å². The van der Waals surface area contributed by atoms with E-state index in [1.54, 1.807) is 53.0 Å². The van der Waals surface area contributed by atoms with Crippen molar-refractivity contribution >= 4 is 33.5 Å². The fourth-order valence-electron chi connectivity index (χ4n) is 3.38. The standard InChI is InChI=1S/C22H28N4O3S/c1-25(2)22-20(8-7-15-23-22)24-21(27)14-11-18-9-12-19(13-10-18)30(28,29)26-16-5-3-4-6-17-26/h7-15H,3-6,16-17H2,1-2H3,(H,24,27)/b14-11+. The fraction of sp³-hybridized carbons (Fsp3) is 0.364. The van der Waals surface area contributed by atoms with E-state index >= 15 is 0 Å². The number of sulfonamides is 1. The summed E-state index contributed by atoms with van der Waals surface area (Å²) in [5.41, 5.74) is 1.37. The third kappa shape index (κ3) is 5.46. The maximum absolute atomic E-state index is 12.8. The molecule has 0 bridgehead atoms. The first-order valence-electron chi connectivity index (χ1n) is 10.1. The molecule has 1 saturated heterocycles. The van der Waals surface area contributed by atoms with Crippen molar-refractivity contribution < 1.29 is 13.2 Å². The molecule has 1 aromatic carbocycles. The maximum atomic E-state index is 12.8. The van der Waals surface area contributed by atoms with Crippen molar-refractivity contribution in [3.05, 3.63) is 54.2 Å². The summed E-state index contributed by atoms with van der Waals surface area (Å²) >= 11 is 0. The van der Waals surface area contributed by atoms with Crippen LogP contribution >= 0.6 is 0 Å². The number of pyridine rings is 1. The summed E-state index contributed by atoms with van der Waals surface area (Å²) in [4.78, 5) is 18.6. The number of nitrogens with one attached hydrogen (secondary N) is 1. The second-order valence-electron chi connectivity index (χ2n) is 7.48. The average molecular weight is 429 g/mol. The SMILES string of the molecule is CN(C)c1ncccc1NC(=O)/C=C/c1ccc(S(=O)(=O)N2CCCCCC2)cc1. The van der Waals surface area contributed by atoms with Gasteiger partial charge in [0.2, 0.25) is 15.9 Å². The zero-order chi connectivity index (χ0) is 21.6. The van der Waals surface area contributed by atoms with Crippen LogP contribution in [0.3, 0.4) is 0 Å². The molecule has 2 heterocycles. The molecule has 0 saturated carbocycles. The molecular weight excluding hydrogens is 400 g/mol. The van der Waals surface area contributed by atoms with Crippen LogP contribution in [0.15, 0.2) is 53.6 Å². The predicted octanol–water partition coefficient (Wildman–Crippen LogP) is 3.36. The molecule has 0 radical (unpaired) electrons. The molecule has 1 aliphatic heterocycles. The summed E-state index contributed by atoms with van der Waals surface area (Å²) in [5.74, 6) is 0.384. The normalized spacial score (nSPS) is 15.7. The summed E-state index contributed by atoms with van der Waals surface area (Å²) in [6.45, 7) is 1.15. The van der Waals surface area contributed by atoms with Crippen molar-refractivity contribution in [3.63, 3.8) is 0 Å². The van der Waals surface area contributed by atoms with Gasteiger partial charge >= 0.3 is 0 Å². The molecule has 8 heteroatoms. The lowest BCUT2D eigenvalue weighted by Crippen LogP contribution is -2.31. The number of anilines is 2. The van der Waals surface area contributed by atoms with Crippen LogP contribution in [0.2, 0.25) is 0 Å². The average Bonchev–Trinajstić information content (AvgIpc) is 3.03. The molecule has 1 fully saturated rings. The summed E-state index contributed by atoms with van der Waals surface area (Å²) in [5, 5.41) is 2.81. The number of carbonyl (C=O) groups excluding carboxylic acids is 1. The summed E-state index contributed by atoms with van der Waals surface area (Å²) in [6, 6.07) is 10.2. The third-order valence-corrected chi connectivity index (χ3v) is 6.89. The minimum Gasteiger partial charge on any atom is -0.361 e. The van der Waals surface area contributed by atoms with Crippen molar-refractivity contribution in [2.24, 2.45) is 0 Å². The topological polar surface area (TPSA) is 82.6 Å². The molecule has 0 atom stereocenters. The highest BCUT2D eigenvalue weighted by molar-refractivity contribution is 7.89. The van der Waals surface area contributed by atoms with E-state index in [0.717, 1.165) is 31.2 Å². The minimum atomic E-state index is -3.47. The summed E-state index contributed by atoms with van der Waals surface area (Å²) < 4.78 is 27.3. The highest BCUT2D eigenvalue weighted by Gasteiger charge is 2.24. The van der Waals surface area contributed by atoms with Gasteiger partial charge in [0.1, 0.15) is 0 Å². The van der Waals surface area contributed by atoms with Crippen molar-refractivity contribution in [3.8, 4) is 0 Å². The van der Waals surface area contributed by atoms with E-state index in [1.165, 1.54) is 6.08 Å². The van der Waals surface area contributed by atoms with Crippen LogP contribution in [0, 0.1) is 0 Å². The molecule has 30 heavy (non-hydrogen) atoms. The predicted molar refractivity (Wildman–Crippen MR) is 120 cm³/mol. The van der Waals surface area contributed by atoms with E-state index < -0.39 is 10.0 Å². The van der Waals surface area contributed by atoms with Gasteiger partial charge in [-0.15, -0.1) is 0 Å². The number of amides is 1. The van der Waals surface area contributed by atoms with Crippen molar-refractivity contribution in [1.82, 2.24) is 9.29 Å². The molecule has 0 unspecified atom stereocenters. The van der Waals surface area contributed by atoms with E-state index in [2.05, 4.69) is 10.3 Å². The lowest BCUT2D eigenvalue weighted by Gasteiger charge is -2.19. The van der Waals surface area contributed by atoms with Crippen LogP contribution < -0.4 is 10.2 Å². The van der Waals surface area contributed by atoms with Gasteiger partial charge in [-0.1, -0.05) is 25.0 Å². The fourth-order valence-corrected chi connectivity index (χ4v) is 4.90. The Morgan fingerprint density at radius 2 is 1.73 bits per heavy atom. The molecule has 1 N–H and O–H groups in total. The monoisotopic (exact) mass is 428 g/mol. The number of rotatable bonds is 6. The quantitative estimate of drug-likeness (QED) is 0.714. The minimum absolute atomic E-state index is 0.285. The number of nitrogens with zero attached hydrogens (tertiary/aromatic N) is 3. The van der Waals surface area contributed by atoms with Crippen molar-refractivity contribution in [2.45, 2.75) is 30.6 Å². The van der Waals surface area contributed by atoms with Crippen LogP contribution in [0.4, 0.5) is 11.5 Å². The lowest BCUT2D eigenvalue weighted by molar-refractivity contribution is -0.111. The first-order valence-corrected chi connectivity index (χ1v) is 11.5. The highest BCUT2D eigenvalue weighted by atomic mass is 32.2. The van der Waals surface area contributed by atoms with Gasteiger partial charge in [0, 0.05) is 39.5 Å². The van der Waals surface area contributed by atoms with Crippen LogP contribution in [0.1, 0.15) is 31.2 Å². The van der Waals surface area contributed by atoms with E-state index in [0.29, 0.717) is 24.6 Å². The van der Waals surface area contributed by atoms with Crippen molar-refractivity contribution in [2.75, 3.05) is 37.4 Å². The molecular formula is C22H28N4O3S. The van der Waals surface area contributed by atoms with E-state index in [4.69, 9.17) is 0 Å². The molecule has 1 aromatic heterocycles. The maximum Gasteiger partial charge on any atom is 0.248 e. The Morgan fingerprint density at radius 3 is 2.37 bits per heavy atom. The second-order valence-corrected chi connectivity index (χ2v) is 9.42. The van der Waals surface area contributed by atoms with Crippen molar-refractivity contribution in [1.29, 1.82) is 0 Å². The Hall–Kier alpha value is -2.71. The van der Waals surface area contributed by atoms with Crippen LogP contribution in [0.5, 0.6) is 0 Å². The Balaban J connectivity index is 1.66. The molecule has 1 aliphatic rings.